The summed E-state index contributed by atoms with van der Waals surface area (Å²) >= 11 is 0. The van der Waals surface area contributed by atoms with E-state index < -0.39 is 10.2 Å². The van der Waals surface area contributed by atoms with E-state index in [4.69, 9.17) is 4.74 Å². The molecule has 0 bridgehead atoms. The van der Waals surface area contributed by atoms with Crippen molar-refractivity contribution in [3.05, 3.63) is 0 Å². The Bertz CT molecular complexity index is 494. The Morgan fingerprint density at radius 3 is 2.26 bits per heavy atom. The summed E-state index contributed by atoms with van der Waals surface area (Å²) in [4.78, 5) is 0. The maximum absolute atomic E-state index is 13.1. The van der Waals surface area contributed by atoms with Gasteiger partial charge in [0.05, 0.1) is 6.10 Å². The van der Waals surface area contributed by atoms with E-state index in [0.717, 1.165) is 51.6 Å². The maximum Gasteiger partial charge on any atom is 0.281 e. The fourth-order valence-corrected chi connectivity index (χ4v) is 6.68. The molecule has 5 nitrogen and oxygen atoms in total. The fourth-order valence-electron chi connectivity index (χ4n) is 4.98. The highest BCUT2D eigenvalue weighted by molar-refractivity contribution is 7.86. The van der Waals surface area contributed by atoms with Crippen LogP contribution in [0.4, 0.5) is 0 Å². The minimum Gasteiger partial charge on any atom is -0.378 e. The Balaban J connectivity index is 1.75. The van der Waals surface area contributed by atoms with Crippen LogP contribution in [0, 0.1) is 5.41 Å². The van der Waals surface area contributed by atoms with E-state index in [2.05, 4.69) is 0 Å². The van der Waals surface area contributed by atoms with E-state index in [0.29, 0.717) is 13.1 Å². The van der Waals surface area contributed by atoms with Gasteiger partial charge >= 0.3 is 0 Å². The van der Waals surface area contributed by atoms with Crippen LogP contribution < -0.4 is 0 Å². The minimum absolute atomic E-state index is 0.0731. The van der Waals surface area contributed by atoms with Crippen molar-refractivity contribution in [3.8, 4) is 0 Å². The zero-order valence-electron chi connectivity index (χ0n) is 14.7. The summed E-state index contributed by atoms with van der Waals surface area (Å²) in [6.45, 7) is 4.12. The van der Waals surface area contributed by atoms with E-state index in [1.807, 2.05) is 6.92 Å². The summed E-state index contributed by atoms with van der Waals surface area (Å²) in [5, 5.41) is 0. The zero-order valence-corrected chi connectivity index (χ0v) is 15.5. The lowest BCUT2D eigenvalue weighted by atomic mass is 9.60. The Labute approximate surface area is 141 Å². The first-order valence-electron chi connectivity index (χ1n) is 9.37. The van der Waals surface area contributed by atoms with Gasteiger partial charge in [-0.05, 0) is 39.0 Å². The molecular formula is C17H32N2O3S. The number of hydrogen-bond acceptors (Lipinski definition) is 3. The molecule has 6 heteroatoms. The van der Waals surface area contributed by atoms with Crippen LogP contribution in [0.2, 0.25) is 0 Å². The molecule has 0 aromatic carbocycles. The van der Waals surface area contributed by atoms with E-state index in [-0.39, 0.29) is 17.6 Å². The molecule has 2 atom stereocenters. The van der Waals surface area contributed by atoms with Gasteiger partial charge in [0.2, 0.25) is 0 Å². The van der Waals surface area contributed by atoms with Crippen molar-refractivity contribution in [2.45, 2.75) is 76.9 Å². The van der Waals surface area contributed by atoms with Crippen molar-refractivity contribution >= 4 is 10.2 Å². The van der Waals surface area contributed by atoms with E-state index in [1.54, 1.807) is 15.7 Å². The molecule has 2 aliphatic carbocycles. The number of ether oxygens (including phenoxy) is 1. The monoisotopic (exact) mass is 344 g/mol. The van der Waals surface area contributed by atoms with Crippen molar-refractivity contribution in [3.63, 3.8) is 0 Å². The minimum atomic E-state index is -3.34. The van der Waals surface area contributed by atoms with Gasteiger partial charge in [-0.3, -0.25) is 0 Å². The van der Waals surface area contributed by atoms with Gasteiger partial charge in [-0.15, -0.1) is 0 Å². The van der Waals surface area contributed by atoms with Crippen LogP contribution in [0.1, 0.15) is 64.7 Å². The molecule has 3 rings (SSSR count). The number of hydrogen-bond donors (Lipinski definition) is 0. The second kappa shape index (κ2) is 6.98. The molecule has 1 aliphatic heterocycles. The average molecular weight is 345 g/mol. The van der Waals surface area contributed by atoms with Crippen LogP contribution in [0.5, 0.6) is 0 Å². The molecule has 3 aliphatic rings. The van der Waals surface area contributed by atoms with Crippen molar-refractivity contribution in [1.29, 1.82) is 0 Å². The molecule has 1 heterocycles. The quantitative estimate of drug-likeness (QED) is 0.770. The third-order valence-electron chi connectivity index (χ3n) is 6.34. The smallest absolute Gasteiger partial charge is 0.281 e. The highest BCUT2D eigenvalue weighted by atomic mass is 32.2. The molecule has 0 amide bonds. The van der Waals surface area contributed by atoms with Gasteiger partial charge in [0.15, 0.2) is 0 Å². The molecule has 0 aromatic heterocycles. The lowest BCUT2D eigenvalue weighted by Gasteiger charge is -2.56. The molecule has 0 aromatic rings. The molecule has 134 valence electrons. The highest BCUT2D eigenvalue weighted by Gasteiger charge is 2.60. The molecule has 2 saturated carbocycles. The molecule has 1 saturated heterocycles. The van der Waals surface area contributed by atoms with E-state index >= 15 is 0 Å². The van der Waals surface area contributed by atoms with Crippen molar-refractivity contribution in [2.75, 3.05) is 26.7 Å². The Morgan fingerprint density at radius 2 is 1.70 bits per heavy atom. The first-order valence-corrected chi connectivity index (χ1v) is 10.8. The molecule has 1 spiro atoms. The van der Waals surface area contributed by atoms with Crippen molar-refractivity contribution in [1.82, 2.24) is 8.61 Å². The standard InChI is InChI=1S/C17H32N2O3S/c1-3-22-16-14-15(17(16)10-6-7-11-17)18(2)23(20,21)19-12-8-4-5-9-13-19/h15-16H,3-14H2,1-2H3/t15-,16-/m0/s1. The van der Waals surface area contributed by atoms with Gasteiger partial charge in [-0.25, -0.2) is 0 Å². The van der Waals surface area contributed by atoms with Gasteiger partial charge < -0.3 is 4.74 Å². The summed E-state index contributed by atoms with van der Waals surface area (Å²) in [7, 11) is -1.54. The Kier molecular flexibility index (Phi) is 5.36. The maximum atomic E-state index is 13.1. The second-order valence-corrected chi connectivity index (χ2v) is 9.46. The number of rotatable bonds is 5. The second-order valence-electron chi connectivity index (χ2n) is 7.47. The predicted molar refractivity (Wildman–Crippen MR) is 91.4 cm³/mol. The van der Waals surface area contributed by atoms with Crippen molar-refractivity contribution in [2.24, 2.45) is 5.41 Å². The van der Waals surface area contributed by atoms with Gasteiger partial charge in [-0.1, -0.05) is 25.7 Å². The molecular weight excluding hydrogens is 312 g/mol. The van der Waals surface area contributed by atoms with Gasteiger partial charge in [0.1, 0.15) is 0 Å². The van der Waals surface area contributed by atoms with Gasteiger partial charge in [-0.2, -0.15) is 17.0 Å². The molecule has 3 fully saturated rings. The summed E-state index contributed by atoms with van der Waals surface area (Å²) in [5.74, 6) is 0. The van der Waals surface area contributed by atoms with E-state index in [1.165, 1.54) is 12.8 Å². The lowest BCUT2D eigenvalue weighted by Crippen LogP contribution is -2.65. The van der Waals surface area contributed by atoms with Crippen LogP contribution in [0.3, 0.4) is 0 Å². The molecule has 0 N–H and O–H groups in total. The Morgan fingerprint density at radius 1 is 1.09 bits per heavy atom. The number of nitrogens with zero attached hydrogens (tertiary/aromatic N) is 2. The van der Waals surface area contributed by atoms with Crippen molar-refractivity contribution < 1.29 is 13.2 Å². The summed E-state index contributed by atoms with van der Waals surface area (Å²) in [6, 6.07) is 0.120. The topological polar surface area (TPSA) is 49.9 Å². The summed E-state index contributed by atoms with van der Waals surface area (Å²) in [5.41, 5.74) is 0.0731. The third kappa shape index (κ3) is 3.08. The largest absolute Gasteiger partial charge is 0.378 e. The lowest BCUT2D eigenvalue weighted by molar-refractivity contribution is -0.146. The highest BCUT2D eigenvalue weighted by Crippen LogP contribution is 2.57. The van der Waals surface area contributed by atoms with Crippen LogP contribution >= 0.6 is 0 Å². The summed E-state index contributed by atoms with van der Waals surface area (Å²) in [6.07, 6.45) is 10.0. The fraction of sp³-hybridized carbons (Fsp3) is 1.00. The molecule has 0 radical (unpaired) electrons. The van der Waals surface area contributed by atoms with Gasteiger partial charge in [0, 0.05) is 38.2 Å². The first kappa shape index (κ1) is 17.6. The van der Waals surface area contributed by atoms with Crippen LogP contribution in [-0.4, -0.2) is 55.9 Å². The van der Waals surface area contributed by atoms with Crippen LogP contribution in [0.15, 0.2) is 0 Å². The van der Waals surface area contributed by atoms with Crippen LogP contribution in [0.25, 0.3) is 0 Å². The average Bonchev–Trinajstić information content (AvgIpc) is 2.89. The third-order valence-corrected chi connectivity index (χ3v) is 8.34. The zero-order chi connectivity index (χ0) is 16.5. The summed E-state index contributed by atoms with van der Waals surface area (Å²) < 4.78 is 35.5. The molecule has 0 unspecified atom stereocenters. The van der Waals surface area contributed by atoms with E-state index in [9.17, 15) is 8.42 Å². The molecule has 23 heavy (non-hydrogen) atoms. The first-order chi connectivity index (χ1) is 11.0. The predicted octanol–water partition coefficient (Wildman–Crippen LogP) is 2.78. The van der Waals surface area contributed by atoms with Gasteiger partial charge in [0.25, 0.3) is 10.2 Å². The van der Waals surface area contributed by atoms with Crippen LogP contribution in [-0.2, 0) is 14.9 Å². The normalized spacial score (nSPS) is 32.1. The Hall–Kier alpha value is -0.170. The SMILES string of the molecule is CCO[C@H]1C[C@H](N(C)S(=O)(=O)N2CCCCCC2)C12CCCC2.